The molecule has 0 aliphatic carbocycles. The molecule has 0 spiro atoms. The monoisotopic (exact) mass is 124 g/mol. The molecule has 0 N–H and O–H groups in total. The van der Waals surface area contributed by atoms with Crippen molar-refractivity contribution in [3.8, 4) is 12.3 Å². The zero-order chi connectivity index (χ0) is 7.11. The van der Waals surface area contributed by atoms with E-state index in [1.54, 1.807) is 13.0 Å². The highest BCUT2D eigenvalue weighted by molar-refractivity contribution is 5.81. The normalized spacial score (nSPS) is 8.89. The fourth-order valence-electron chi connectivity index (χ4n) is 0.297. The first kappa shape index (κ1) is 7.77. The Kier molecular flexibility index (Phi) is 4.25. The molecule has 9 heavy (non-hydrogen) atoms. The van der Waals surface area contributed by atoms with Crippen LogP contribution in [0.5, 0.6) is 0 Å². The Labute approximate surface area is 54.5 Å². The Hall–Kier alpha value is -1.23. The predicted molar refractivity (Wildman–Crippen MR) is 34.6 cm³/mol. The van der Waals surface area contributed by atoms with Crippen LogP contribution < -0.4 is 0 Å². The number of terminal acetylenes is 1. The van der Waals surface area contributed by atoms with Gasteiger partial charge in [0.1, 0.15) is 0 Å². The lowest BCUT2D eigenvalue weighted by molar-refractivity contribution is -0.136. The summed E-state index contributed by atoms with van der Waals surface area (Å²) >= 11 is 0. The van der Waals surface area contributed by atoms with Gasteiger partial charge in [-0.3, -0.25) is 0 Å². The first-order valence-electron chi connectivity index (χ1n) is 2.54. The van der Waals surface area contributed by atoms with Gasteiger partial charge in [0.2, 0.25) is 0 Å². The molecule has 0 aliphatic rings. The van der Waals surface area contributed by atoms with Crippen molar-refractivity contribution in [3.63, 3.8) is 0 Å². The second kappa shape index (κ2) is 4.92. The fourth-order valence-corrected chi connectivity index (χ4v) is 0.297. The molecule has 0 amide bonds. The van der Waals surface area contributed by atoms with Gasteiger partial charge in [0, 0.05) is 6.08 Å². The number of hydrogen-bond donors (Lipinski definition) is 0. The van der Waals surface area contributed by atoms with Crippen molar-refractivity contribution in [1.82, 2.24) is 0 Å². The minimum atomic E-state index is -0.393. The molecule has 0 bridgehead atoms. The molecular weight excluding hydrogens is 116 g/mol. The highest BCUT2D eigenvalue weighted by Crippen LogP contribution is 1.78. The van der Waals surface area contributed by atoms with Gasteiger partial charge in [-0.2, -0.15) is 0 Å². The van der Waals surface area contributed by atoms with E-state index in [2.05, 4.69) is 10.7 Å². The smallest absolute Gasteiger partial charge is 0.331 e. The Morgan fingerprint density at radius 1 is 1.89 bits per heavy atom. The molecule has 0 radical (unpaired) electrons. The van der Waals surface area contributed by atoms with E-state index in [1.165, 1.54) is 6.08 Å². The topological polar surface area (TPSA) is 26.3 Å². The van der Waals surface area contributed by atoms with Crippen molar-refractivity contribution < 1.29 is 9.53 Å². The van der Waals surface area contributed by atoms with Crippen molar-refractivity contribution in [1.29, 1.82) is 0 Å². The molecule has 0 heterocycles. The maximum absolute atomic E-state index is 10.4. The molecule has 0 aromatic heterocycles. The van der Waals surface area contributed by atoms with E-state index in [1.807, 2.05) is 0 Å². The van der Waals surface area contributed by atoms with Crippen molar-refractivity contribution in [2.75, 3.05) is 6.61 Å². The highest BCUT2D eigenvalue weighted by Gasteiger charge is 1.89. The Bertz CT molecular complexity index is 151. The average Bonchev–Trinajstić information content (AvgIpc) is 1.85. The zero-order valence-electron chi connectivity index (χ0n) is 5.26. The van der Waals surface area contributed by atoms with Gasteiger partial charge < -0.3 is 4.74 Å². The van der Waals surface area contributed by atoms with E-state index in [-0.39, 0.29) is 6.61 Å². The third-order valence-corrected chi connectivity index (χ3v) is 0.601. The van der Waals surface area contributed by atoms with Crippen molar-refractivity contribution in [2.24, 2.45) is 0 Å². The highest BCUT2D eigenvalue weighted by atomic mass is 16.5. The van der Waals surface area contributed by atoms with E-state index in [9.17, 15) is 4.79 Å². The van der Waals surface area contributed by atoms with E-state index in [0.717, 1.165) is 0 Å². The Balaban J connectivity index is 3.42. The maximum Gasteiger partial charge on any atom is 0.331 e. The largest absolute Gasteiger partial charge is 0.449 e. The quantitative estimate of drug-likeness (QED) is 0.308. The van der Waals surface area contributed by atoms with Crippen LogP contribution in [-0.4, -0.2) is 12.6 Å². The van der Waals surface area contributed by atoms with Gasteiger partial charge in [0.25, 0.3) is 0 Å². The van der Waals surface area contributed by atoms with Crippen LogP contribution in [0.15, 0.2) is 12.2 Å². The third-order valence-electron chi connectivity index (χ3n) is 0.601. The van der Waals surface area contributed by atoms with E-state index < -0.39 is 5.97 Å². The molecular formula is C7H8O2. The van der Waals surface area contributed by atoms with E-state index >= 15 is 0 Å². The lowest BCUT2D eigenvalue weighted by Gasteiger charge is -1.91. The molecule has 0 aliphatic heterocycles. The van der Waals surface area contributed by atoms with Crippen LogP contribution in [0, 0.1) is 12.3 Å². The molecule has 0 aromatic rings. The van der Waals surface area contributed by atoms with Gasteiger partial charge in [-0.15, -0.1) is 6.42 Å². The number of esters is 1. The lowest BCUT2D eigenvalue weighted by atomic mass is 10.5. The molecule has 0 fully saturated rings. The molecule has 0 unspecified atom stereocenters. The van der Waals surface area contributed by atoms with Crippen LogP contribution in [0.2, 0.25) is 0 Å². The van der Waals surface area contributed by atoms with Gasteiger partial charge in [-0.25, -0.2) is 4.79 Å². The van der Waals surface area contributed by atoms with E-state index in [4.69, 9.17) is 6.42 Å². The minimum absolute atomic E-state index is 0.0448. The summed E-state index contributed by atoms with van der Waals surface area (Å²) < 4.78 is 4.47. The van der Waals surface area contributed by atoms with Gasteiger partial charge >= 0.3 is 5.97 Å². The summed E-state index contributed by atoms with van der Waals surface area (Å²) in [6, 6.07) is 0. The SMILES string of the molecule is C#CCOC(=O)/C=C/C. The van der Waals surface area contributed by atoms with Crippen LogP contribution in [0.25, 0.3) is 0 Å². The van der Waals surface area contributed by atoms with E-state index in [0.29, 0.717) is 0 Å². The number of carbonyl (C=O) groups excluding carboxylic acids is 1. The number of allylic oxidation sites excluding steroid dienone is 1. The van der Waals surface area contributed by atoms with Crippen LogP contribution >= 0.6 is 0 Å². The summed E-state index contributed by atoms with van der Waals surface area (Å²) in [6.45, 7) is 1.78. The van der Waals surface area contributed by atoms with Crippen LogP contribution in [0.3, 0.4) is 0 Å². The van der Waals surface area contributed by atoms with Crippen LogP contribution in [0.1, 0.15) is 6.92 Å². The Morgan fingerprint density at radius 2 is 2.56 bits per heavy atom. The molecule has 0 atom stereocenters. The second-order valence-electron chi connectivity index (χ2n) is 1.31. The van der Waals surface area contributed by atoms with Crippen molar-refractivity contribution >= 4 is 5.97 Å². The fraction of sp³-hybridized carbons (Fsp3) is 0.286. The summed E-state index contributed by atoms with van der Waals surface area (Å²) in [7, 11) is 0. The summed E-state index contributed by atoms with van der Waals surface area (Å²) in [6.07, 6.45) is 7.73. The molecule has 0 saturated carbocycles. The van der Waals surface area contributed by atoms with Gasteiger partial charge in [-0.1, -0.05) is 12.0 Å². The molecule has 2 nitrogen and oxygen atoms in total. The molecule has 48 valence electrons. The first-order valence-corrected chi connectivity index (χ1v) is 2.54. The van der Waals surface area contributed by atoms with Crippen molar-refractivity contribution in [3.05, 3.63) is 12.2 Å². The summed E-state index contributed by atoms with van der Waals surface area (Å²) in [4.78, 5) is 10.4. The van der Waals surface area contributed by atoms with Crippen LogP contribution in [0.4, 0.5) is 0 Å². The first-order chi connectivity index (χ1) is 4.31. The number of carbonyl (C=O) groups is 1. The number of hydrogen-bond acceptors (Lipinski definition) is 2. The van der Waals surface area contributed by atoms with Crippen LogP contribution in [-0.2, 0) is 9.53 Å². The van der Waals surface area contributed by atoms with Gasteiger partial charge in [0.05, 0.1) is 0 Å². The summed E-state index contributed by atoms with van der Waals surface area (Å²) in [5, 5.41) is 0. The summed E-state index contributed by atoms with van der Waals surface area (Å²) in [5.74, 6) is 1.79. The van der Waals surface area contributed by atoms with Crippen molar-refractivity contribution in [2.45, 2.75) is 6.92 Å². The molecule has 0 saturated heterocycles. The standard InChI is InChI=1S/C7H8O2/c1-3-5-7(8)9-6-4-2/h2-3,5H,6H2,1H3/b5-3+. The van der Waals surface area contributed by atoms with Gasteiger partial charge in [0.15, 0.2) is 6.61 Å². The molecule has 0 aromatic carbocycles. The predicted octanol–water partition coefficient (Wildman–Crippen LogP) is 0.739. The lowest BCUT2D eigenvalue weighted by Crippen LogP contribution is -1.99. The maximum atomic E-state index is 10.4. The number of rotatable bonds is 2. The molecule has 2 heteroatoms. The second-order valence-corrected chi connectivity index (χ2v) is 1.31. The average molecular weight is 124 g/mol. The molecule has 0 rings (SSSR count). The third kappa shape index (κ3) is 4.63. The zero-order valence-corrected chi connectivity index (χ0v) is 5.26. The summed E-state index contributed by atoms with van der Waals surface area (Å²) in [5.41, 5.74) is 0. The minimum Gasteiger partial charge on any atom is -0.449 e. The number of ether oxygens (including phenoxy) is 1. The van der Waals surface area contributed by atoms with Gasteiger partial charge in [-0.05, 0) is 6.92 Å². The Morgan fingerprint density at radius 3 is 3.00 bits per heavy atom.